The lowest BCUT2D eigenvalue weighted by molar-refractivity contribution is -0.384. The summed E-state index contributed by atoms with van der Waals surface area (Å²) in [6, 6.07) is 4.95. The van der Waals surface area contributed by atoms with Crippen molar-refractivity contribution in [2.45, 2.75) is 26.8 Å². The summed E-state index contributed by atoms with van der Waals surface area (Å²) in [6.07, 6.45) is 0.601. The molecular weight excluding hydrogens is 270 g/mol. The lowest BCUT2D eigenvalue weighted by Gasteiger charge is -2.18. The Morgan fingerprint density at radius 1 is 1.48 bits per heavy atom. The zero-order valence-corrected chi connectivity index (χ0v) is 12.6. The van der Waals surface area contributed by atoms with Crippen molar-refractivity contribution in [3.8, 4) is 0 Å². The number of nitro benzene ring substituents is 1. The normalized spacial score (nSPS) is 18.4. The number of hydrogen-bond acceptors (Lipinski definition) is 4. The van der Waals surface area contributed by atoms with Gasteiger partial charge in [-0.15, -0.1) is 0 Å². The maximum Gasteiger partial charge on any atom is 0.292 e. The highest BCUT2D eigenvalue weighted by Crippen LogP contribution is 2.29. The van der Waals surface area contributed by atoms with E-state index in [9.17, 15) is 14.9 Å². The fourth-order valence-electron chi connectivity index (χ4n) is 2.66. The predicted molar refractivity (Wildman–Crippen MR) is 81.0 cm³/mol. The van der Waals surface area contributed by atoms with Crippen LogP contribution in [-0.2, 0) is 11.3 Å². The first-order valence-electron chi connectivity index (χ1n) is 7.15. The van der Waals surface area contributed by atoms with Crippen LogP contribution in [0.5, 0.6) is 0 Å². The molecule has 1 amide bonds. The zero-order valence-electron chi connectivity index (χ0n) is 12.6. The number of carbonyl (C=O) groups excluding carboxylic acids is 1. The van der Waals surface area contributed by atoms with Crippen LogP contribution in [0, 0.1) is 22.0 Å². The number of anilines is 1. The minimum atomic E-state index is -0.411. The molecule has 1 unspecified atom stereocenters. The highest BCUT2D eigenvalue weighted by Gasteiger charge is 2.31. The van der Waals surface area contributed by atoms with Crippen molar-refractivity contribution >= 4 is 17.3 Å². The monoisotopic (exact) mass is 291 g/mol. The second-order valence-corrected chi connectivity index (χ2v) is 5.84. The van der Waals surface area contributed by atoms with E-state index >= 15 is 0 Å². The van der Waals surface area contributed by atoms with E-state index in [4.69, 9.17) is 0 Å². The quantitative estimate of drug-likeness (QED) is 0.668. The van der Waals surface area contributed by atoms with E-state index in [0.29, 0.717) is 30.5 Å². The molecule has 21 heavy (non-hydrogen) atoms. The van der Waals surface area contributed by atoms with Crippen LogP contribution in [0.15, 0.2) is 18.2 Å². The van der Waals surface area contributed by atoms with Crippen molar-refractivity contribution in [3.05, 3.63) is 33.9 Å². The van der Waals surface area contributed by atoms with Gasteiger partial charge in [0.2, 0.25) is 5.91 Å². The van der Waals surface area contributed by atoms with E-state index in [1.165, 1.54) is 6.07 Å². The molecule has 2 rings (SSSR count). The lowest BCUT2D eigenvalue weighted by atomic mass is 9.95. The minimum Gasteiger partial charge on any atom is -0.383 e. The minimum absolute atomic E-state index is 0.0501. The van der Waals surface area contributed by atoms with Gasteiger partial charge in [-0.3, -0.25) is 14.9 Å². The molecule has 1 fully saturated rings. The lowest BCUT2D eigenvalue weighted by Crippen LogP contribution is -2.25. The highest BCUT2D eigenvalue weighted by molar-refractivity contribution is 5.78. The van der Waals surface area contributed by atoms with Gasteiger partial charge in [0.25, 0.3) is 5.69 Å². The molecule has 1 heterocycles. The highest BCUT2D eigenvalue weighted by atomic mass is 16.6. The third kappa shape index (κ3) is 3.32. The van der Waals surface area contributed by atoms with E-state index in [1.54, 1.807) is 19.2 Å². The average molecular weight is 291 g/mol. The van der Waals surface area contributed by atoms with Crippen molar-refractivity contribution in [2.24, 2.45) is 11.8 Å². The summed E-state index contributed by atoms with van der Waals surface area (Å²) in [7, 11) is 1.65. The Labute approximate surface area is 124 Å². The van der Waals surface area contributed by atoms with Crippen LogP contribution < -0.4 is 5.32 Å². The molecule has 1 aromatic rings. The predicted octanol–water partition coefficient (Wildman–Crippen LogP) is 2.64. The third-order valence-electron chi connectivity index (χ3n) is 4.09. The summed E-state index contributed by atoms with van der Waals surface area (Å²) in [5.41, 5.74) is 1.43. The van der Waals surface area contributed by atoms with Gasteiger partial charge in [0.05, 0.1) is 4.92 Å². The van der Waals surface area contributed by atoms with Gasteiger partial charge in [-0.1, -0.05) is 19.9 Å². The number of hydrogen-bond donors (Lipinski definition) is 1. The van der Waals surface area contributed by atoms with E-state index in [2.05, 4.69) is 19.2 Å². The average Bonchev–Trinajstić information content (AvgIpc) is 2.80. The van der Waals surface area contributed by atoms with Crippen LogP contribution in [0.1, 0.15) is 25.8 Å². The third-order valence-corrected chi connectivity index (χ3v) is 4.09. The molecule has 0 bridgehead atoms. The number of benzene rings is 1. The summed E-state index contributed by atoms with van der Waals surface area (Å²) >= 11 is 0. The van der Waals surface area contributed by atoms with E-state index in [0.717, 1.165) is 12.1 Å². The van der Waals surface area contributed by atoms with Gasteiger partial charge in [-0.25, -0.2) is 0 Å². The molecule has 114 valence electrons. The van der Waals surface area contributed by atoms with Crippen molar-refractivity contribution in [1.29, 1.82) is 0 Å². The summed E-state index contributed by atoms with van der Waals surface area (Å²) in [6.45, 7) is 5.54. The van der Waals surface area contributed by atoms with Gasteiger partial charge >= 0.3 is 0 Å². The fraction of sp³-hybridized carbons (Fsp3) is 0.533. The Kier molecular flexibility index (Phi) is 4.45. The second-order valence-electron chi connectivity index (χ2n) is 5.84. The topological polar surface area (TPSA) is 75.5 Å². The number of likely N-dealkylation sites (tertiary alicyclic amines) is 1. The van der Waals surface area contributed by atoms with Gasteiger partial charge in [0, 0.05) is 32.6 Å². The number of nitro groups is 1. The first kappa shape index (κ1) is 15.3. The number of rotatable bonds is 5. The summed E-state index contributed by atoms with van der Waals surface area (Å²) in [5, 5.41) is 13.7. The number of nitrogens with zero attached hydrogens (tertiary/aromatic N) is 2. The van der Waals surface area contributed by atoms with Gasteiger partial charge < -0.3 is 10.2 Å². The van der Waals surface area contributed by atoms with Crippen molar-refractivity contribution in [1.82, 2.24) is 4.90 Å². The molecule has 1 atom stereocenters. The first-order valence-corrected chi connectivity index (χ1v) is 7.15. The zero-order chi connectivity index (χ0) is 15.6. The maximum absolute atomic E-state index is 12.0. The second kappa shape index (κ2) is 6.11. The smallest absolute Gasteiger partial charge is 0.292 e. The van der Waals surface area contributed by atoms with Gasteiger partial charge in [0.1, 0.15) is 5.69 Å². The van der Waals surface area contributed by atoms with E-state index in [-0.39, 0.29) is 11.6 Å². The van der Waals surface area contributed by atoms with Crippen LogP contribution in [-0.4, -0.2) is 29.3 Å². The Balaban J connectivity index is 2.13. The van der Waals surface area contributed by atoms with Crippen molar-refractivity contribution in [3.63, 3.8) is 0 Å². The Morgan fingerprint density at radius 3 is 2.71 bits per heavy atom. The van der Waals surface area contributed by atoms with E-state index < -0.39 is 4.92 Å². The first-order chi connectivity index (χ1) is 9.92. The number of amides is 1. The molecule has 1 aliphatic heterocycles. The Morgan fingerprint density at radius 2 is 2.19 bits per heavy atom. The molecule has 0 spiro atoms. The summed E-state index contributed by atoms with van der Waals surface area (Å²) < 4.78 is 0. The maximum atomic E-state index is 12.0. The molecule has 6 nitrogen and oxygen atoms in total. The molecule has 1 N–H and O–H groups in total. The van der Waals surface area contributed by atoms with Gasteiger partial charge in [-0.2, -0.15) is 0 Å². The standard InChI is InChI=1S/C15H21N3O3/c1-10(2)12-7-15(19)17(9-12)8-11-4-5-14(18(20)21)13(6-11)16-3/h4-6,10,12,16H,7-9H2,1-3H3. The van der Waals surface area contributed by atoms with Gasteiger partial charge in [0.15, 0.2) is 0 Å². The van der Waals surface area contributed by atoms with Crippen molar-refractivity contribution < 1.29 is 9.72 Å². The largest absolute Gasteiger partial charge is 0.383 e. The molecule has 0 radical (unpaired) electrons. The molecule has 1 saturated heterocycles. The molecule has 1 aromatic carbocycles. The van der Waals surface area contributed by atoms with Crippen LogP contribution in [0.2, 0.25) is 0 Å². The van der Waals surface area contributed by atoms with Crippen LogP contribution in [0.25, 0.3) is 0 Å². The van der Waals surface area contributed by atoms with Crippen LogP contribution in [0.3, 0.4) is 0 Å². The Hall–Kier alpha value is -2.11. The summed E-state index contributed by atoms with van der Waals surface area (Å²) in [5.74, 6) is 1.06. The molecule has 0 aliphatic carbocycles. The molecule has 0 saturated carbocycles. The molecule has 6 heteroatoms. The molecule has 1 aliphatic rings. The van der Waals surface area contributed by atoms with Crippen LogP contribution >= 0.6 is 0 Å². The van der Waals surface area contributed by atoms with E-state index in [1.807, 2.05) is 4.90 Å². The van der Waals surface area contributed by atoms with Gasteiger partial charge in [-0.05, 0) is 23.5 Å². The molecule has 0 aromatic heterocycles. The van der Waals surface area contributed by atoms with Crippen molar-refractivity contribution in [2.75, 3.05) is 18.9 Å². The Bertz CT molecular complexity index is 557. The fourth-order valence-corrected chi connectivity index (χ4v) is 2.66. The SMILES string of the molecule is CNc1cc(CN2CC(C(C)C)CC2=O)ccc1[N+](=O)[O-]. The summed E-state index contributed by atoms with van der Waals surface area (Å²) in [4.78, 5) is 24.4. The molecular formula is C15H21N3O3. The number of nitrogens with one attached hydrogen (secondary N) is 1. The van der Waals surface area contributed by atoms with Crippen LogP contribution in [0.4, 0.5) is 11.4 Å². The number of carbonyl (C=O) groups is 1.